The van der Waals surface area contributed by atoms with Crippen molar-refractivity contribution < 1.29 is 13.9 Å². The molecule has 3 rings (SSSR count). The lowest BCUT2D eigenvalue weighted by Gasteiger charge is -2.33. The molecule has 5 nitrogen and oxygen atoms in total. The molecule has 1 aliphatic rings. The van der Waals surface area contributed by atoms with E-state index in [1.54, 1.807) is 40.2 Å². The van der Waals surface area contributed by atoms with Gasteiger partial charge in [-0.25, -0.2) is 4.39 Å². The van der Waals surface area contributed by atoms with Crippen LogP contribution in [0.15, 0.2) is 42.7 Å². The minimum absolute atomic E-state index is 0.0381. The smallest absolute Gasteiger partial charge is 0.244 e. The maximum atomic E-state index is 12.9. The average molecular weight is 303 g/mol. The number of hydrogen-bond donors (Lipinski definition) is 0. The van der Waals surface area contributed by atoms with Gasteiger partial charge >= 0.3 is 0 Å². The second-order valence-electron chi connectivity index (χ2n) is 5.37. The van der Waals surface area contributed by atoms with E-state index in [-0.39, 0.29) is 24.4 Å². The molecule has 116 valence electrons. The highest BCUT2D eigenvalue weighted by Gasteiger charge is 2.24. The number of morpholine rings is 1. The predicted molar refractivity (Wildman–Crippen MR) is 78.7 cm³/mol. The number of aromatic nitrogens is 2. The van der Waals surface area contributed by atoms with Gasteiger partial charge in [-0.1, -0.05) is 12.1 Å². The lowest BCUT2D eigenvalue weighted by Crippen LogP contribution is -2.47. The van der Waals surface area contributed by atoms with Crippen molar-refractivity contribution >= 4 is 5.91 Å². The van der Waals surface area contributed by atoms with Crippen LogP contribution in [0.2, 0.25) is 0 Å². The molecule has 1 aromatic carbocycles. The van der Waals surface area contributed by atoms with Crippen molar-refractivity contribution in [1.82, 2.24) is 14.7 Å². The van der Waals surface area contributed by atoms with Crippen molar-refractivity contribution in [3.8, 4) is 0 Å². The summed E-state index contributed by atoms with van der Waals surface area (Å²) < 4.78 is 20.3. The van der Waals surface area contributed by atoms with Crippen LogP contribution in [0.5, 0.6) is 0 Å². The zero-order chi connectivity index (χ0) is 15.4. The fourth-order valence-corrected chi connectivity index (χ4v) is 2.59. The van der Waals surface area contributed by atoms with E-state index in [9.17, 15) is 9.18 Å². The Morgan fingerprint density at radius 1 is 1.36 bits per heavy atom. The first-order chi connectivity index (χ1) is 10.7. The van der Waals surface area contributed by atoms with E-state index in [1.807, 2.05) is 0 Å². The zero-order valence-corrected chi connectivity index (χ0v) is 12.2. The maximum absolute atomic E-state index is 12.9. The van der Waals surface area contributed by atoms with Gasteiger partial charge in [-0.15, -0.1) is 0 Å². The lowest BCUT2D eigenvalue weighted by atomic mass is 10.1. The Labute approximate surface area is 128 Å². The fourth-order valence-electron chi connectivity index (χ4n) is 2.59. The van der Waals surface area contributed by atoms with E-state index < -0.39 is 0 Å². The average Bonchev–Trinajstić information content (AvgIpc) is 3.03. The molecule has 1 atom stereocenters. The second-order valence-corrected chi connectivity index (χ2v) is 5.37. The Morgan fingerprint density at radius 3 is 2.91 bits per heavy atom. The predicted octanol–water partition coefficient (Wildman–Crippen LogP) is 1.49. The molecule has 22 heavy (non-hydrogen) atoms. The summed E-state index contributed by atoms with van der Waals surface area (Å²) in [5, 5.41) is 4.05. The number of amides is 1. The summed E-state index contributed by atoms with van der Waals surface area (Å²) in [6.07, 6.45) is 4.05. The van der Waals surface area contributed by atoms with Crippen molar-refractivity contribution in [2.24, 2.45) is 0 Å². The molecule has 1 aliphatic heterocycles. The SMILES string of the molecule is O=C(Cn1cccn1)N1CCOC(Cc2ccc(F)cc2)C1. The summed E-state index contributed by atoms with van der Waals surface area (Å²) >= 11 is 0. The van der Waals surface area contributed by atoms with E-state index in [0.29, 0.717) is 26.1 Å². The van der Waals surface area contributed by atoms with Crippen LogP contribution in [0, 0.1) is 5.82 Å². The number of rotatable bonds is 4. The van der Waals surface area contributed by atoms with Crippen molar-refractivity contribution in [3.63, 3.8) is 0 Å². The summed E-state index contributed by atoms with van der Waals surface area (Å²) in [7, 11) is 0. The monoisotopic (exact) mass is 303 g/mol. The van der Waals surface area contributed by atoms with E-state index in [2.05, 4.69) is 5.10 Å². The van der Waals surface area contributed by atoms with Crippen molar-refractivity contribution in [2.75, 3.05) is 19.7 Å². The van der Waals surface area contributed by atoms with E-state index >= 15 is 0 Å². The third-order valence-corrected chi connectivity index (χ3v) is 3.72. The summed E-state index contributed by atoms with van der Waals surface area (Å²) in [4.78, 5) is 14.1. The van der Waals surface area contributed by atoms with Gasteiger partial charge in [0, 0.05) is 31.9 Å². The van der Waals surface area contributed by atoms with Crippen LogP contribution in [0.3, 0.4) is 0 Å². The van der Waals surface area contributed by atoms with Gasteiger partial charge in [0.25, 0.3) is 0 Å². The molecular weight excluding hydrogens is 285 g/mol. The van der Waals surface area contributed by atoms with Gasteiger partial charge in [0.15, 0.2) is 0 Å². The van der Waals surface area contributed by atoms with Crippen molar-refractivity contribution in [3.05, 3.63) is 54.1 Å². The summed E-state index contributed by atoms with van der Waals surface area (Å²) in [6, 6.07) is 8.19. The van der Waals surface area contributed by atoms with E-state index in [4.69, 9.17) is 4.74 Å². The highest BCUT2D eigenvalue weighted by molar-refractivity contribution is 5.76. The number of benzene rings is 1. The molecule has 1 saturated heterocycles. The van der Waals surface area contributed by atoms with Crippen LogP contribution in [0.1, 0.15) is 5.56 Å². The van der Waals surface area contributed by atoms with Crippen LogP contribution in [-0.4, -0.2) is 46.4 Å². The molecule has 0 bridgehead atoms. The topological polar surface area (TPSA) is 47.4 Å². The van der Waals surface area contributed by atoms with Gasteiger partial charge in [0.1, 0.15) is 12.4 Å². The van der Waals surface area contributed by atoms with Crippen LogP contribution in [0.4, 0.5) is 4.39 Å². The van der Waals surface area contributed by atoms with Gasteiger partial charge in [-0.3, -0.25) is 9.48 Å². The molecule has 1 fully saturated rings. The lowest BCUT2D eigenvalue weighted by molar-refractivity contribution is -0.139. The third-order valence-electron chi connectivity index (χ3n) is 3.72. The normalized spacial score (nSPS) is 18.4. The molecule has 1 unspecified atom stereocenters. The quantitative estimate of drug-likeness (QED) is 0.860. The molecule has 6 heteroatoms. The molecule has 0 radical (unpaired) electrons. The molecule has 1 amide bonds. The summed E-state index contributed by atoms with van der Waals surface area (Å²) in [5.41, 5.74) is 1.01. The van der Waals surface area contributed by atoms with Crippen LogP contribution < -0.4 is 0 Å². The third kappa shape index (κ3) is 3.71. The number of ether oxygens (including phenoxy) is 1. The van der Waals surface area contributed by atoms with Gasteiger partial charge in [0.2, 0.25) is 5.91 Å². The molecule has 2 aromatic rings. The minimum atomic E-state index is -0.246. The van der Waals surface area contributed by atoms with E-state index in [0.717, 1.165) is 5.56 Å². The first-order valence-electron chi connectivity index (χ1n) is 7.32. The Balaban J connectivity index is 1.56. The molecule has 2 heterocycles. The minimum Gasteiger partial charge on any atom is -0.374 e. The molecule has 0 N–H and O–H groups in total. The highest BCUT2D eigenvalue weighted by Crippen LogP contribution is 2.13. The Kier molecular flexibility index (Phi) is 4.48. The Bertz CT molecular complexity index is 613. The Morgan fingerprint density at radius 2 is 2.18 bits per heavy atom. The standard InChI is InChI=1S/C16H18FN3O2/c17-14-4-2-13(3-5-14)10-15-11-19(8-9-22-15)16(21)12-20-7-1-6-18-20/h1-7,15H,8-12H2. The number of hydrogen-bond acceptors (Lipinski definition) is 3. The maximum Gasteiger partial charge on any atom is 0.244 e. The molecule has 0 aliphatic carbocycles. The summed E-state index contributed by atoms with van der Waals surface area (Å²) in [5.74, 6) is -0.208. The first kappa shape index (κ1) is 14.7. The number of carbonyl (C=O) groups excluding carboxylic acids is 1. The second kappa shape index (κ2) is 6.70. The van der Waals surface area contributed by atoms with Crippen LogP contribution in [0.25, 0.3) is 0 Å². The fraction of sp³-hybridized carbons (Fsp3) is 0.375. The molecule has 1 aromatic heterocycles. The molecule has 0 saturated carbocycles. The highest BCUT2D eigenvalue weighted by atomic mass is 19.1. The molecular formula is C16H18FN3O2. The van der Waals surface area contributed by atoms with Crippen molar-refractivity contribution in [1.29, 1.82) is 0 Å². The molecule has 0 spiro atoms. The largest absolute Gasteiger partial charge is 0.374 e. The van der Waals surface area contributed by atoms with Gasteiger partial charge in [-0.2, -0.15) is 5.10 Å². The van der Waals surface area contributed by atoms with Crippen molar-refractivity contribution in [2.45, 2.75) is 19.1 Å². The Hall–Kier alpha value is -2.21. The van der Waals surface area contributed by atoms with Crippen LogP contribution >= 0.6 is 0 Å². The zero-order valence-electron chi connectivity index (χ0n) is 12.2. The number of carbonyl (C=O) groups is 1. The van der Waals surface area contributed by atoms with Gasteiger partial charge < -0.3 is 9.64 Å². The summed E-state index contributed by atoms with van der Waals surface area (Å²) in [6.45, 7) is 1.92. The van der Waals surface area contributed by atoms with Crippen LogP contribution in [-0.2, 0) is 22.5 Å². The number of halogens is 1. The number of nitrogens with zero attached hydrogens (tertiary/aromatic N) is 3. The first-order valence-corrected chi connectivity index (χ1v) is 7.32. The van der Waals surface area contributed by atoms with Gasteiger partial charge in [0.05, 0.1) is 12.7 Å². The van der Waals surface area contributed by atoms with Gasteiger partial charge in [-0.05, 0) is 23.8 Å². The van der Waals surface area contributed by atoms with E-state index in [1.165, 1.54) is 12.1 Å².